The highest BCUT2D eigenvalue weighted by atomic mass is 16.3. The van der Waals surface area contributed by atoms with Crippen LogP contribution in [0.4, 0.5) is 0 Å². The van der Waals surface area contributed by atoms with E-state index in [4.69, 9.17) is 0 Å². The lowest BCUT2D eigenvalue weighted by molar-refractivity contribution is 0.0260. The smallest absolute Gasteiger partial charge is 0.251 e. The molecular weight excluding hydrogens is 334 g/mol. The summed E-state index contributed by atoms with van der Waals surface area (Å²) >= 11 is 0. The average molecular weight is 357 g/mol. The molecule has 1 aliphatic carbocycles. The Morgan fingerprint density at radius 2 is 1.48 bits per heavy atom. The predicted molar refractivity (Wildman–Crippen MR) is 108 cm³/mol. The van der Waals surface area contributed by atoms with Crippen LogP contribution in [0.15, 0.2) is 78.9 Å². The van der Waals surface area contributed by atoms with Crippen molar-refractivity contribution in [3.05, 3.63) is 95.6 Å². The molecule has 3 aromatic rings. The molecule has 0 aromatic heterocycles. The fourth-order valence-electron chi connectivity index (χ4n) is 3.73. The van der Waals surface area contributed by atoms with E-state index in [0.717, 1.165) is 17.5 Å². The lowest BCUT2D eigenvalue weighted by Crippen LogP contribution is -2.46. The number of nitrogens with one attached hydrogen (secondary N) is 1. The monoisotopic (exact) mass is 357 g/mol. The molecule has 136 valence electrons. The third-order valence-corrected chi connectivity index (χ3v) is 5.33. The van der Waals surface area contributed by atoms with E-state index in [1.165, 1.54) is 11.1 Å². The van der Waals surface area contributed by atoms with Gasteiger partial charge in [0.05, 0.1) is 5.60 Å². The van der Waals surface area contributed by atoms with E-state index in [1.807, 2.05) is 66.7 Å². The second-order valence-electron chi connectivity index (χ2n) is 7.30. The number of aryl methyl sites for hydroxylation is 1. The van der Waals surface area contributed by atoms with Crippen molar-refractivity contribution in [1.29, 1.82) is 0 Å². The fourth-order valence-corrected chi connectivity index (χ4v) is 3.73. The van der Waals surface area contributed by atoms with Crippen LogP contribution >= 0.6 is 0 Å². The summed E-state index contributed by atoms with van der Waals surface area (Å²) in [6.07, 6.45) is 2.09. The van der Waals surface area contributed by atoms with Crippen molar-refractivity contribution in [3.63, 3.8) is 0 Å². The summed E-state index contributed by atoms with van der Waals surface area (Å²) in [5, 5.41) is 13.8. The van der Waals surface area contributed by atoms with Crippen molar-refractivity contribution < 1.29 is 9.90 Å². The number of hydrogen-bond acceptors (Lipinski definition) is 2. The molecule has 1 aliphatic rings. The molecule has 3 heteroatoms. The van der Waals surface area contributed by atoms with E-state index in [2.05, 4.69) is 17.4 Å². The van der Waals surface area contributed by atoms with Crippen molar-refractivity contribution in [2.24, 2.45) is 0 Å². The van der Waals surface area contributed by atoms with E-state index < -0.39 is 5.60 Å². The van der Waals surface area contributed by atoms with Gasteiger partial charge in [-0.2, -0.15) is 0 Å². The van der Waals surface area contributed by atoms with Gasteiger partial charge < -0.3 is 10.4 Å². The van der Waals surface area contributed by atoms with Gasteiger partial charge in [0.15, 0.2) is 0 Å². The van der Waals surface area contributed by atoms with Gasteiger partial charge in [-0.15, -0.1) is 0 Å². The maximum Gasteiger partial charge on any atom is 0.251 e. The molecule has 0 saturated heterocycles. The van der Waals surface area contributed by atoms with Crippen LogP contribution in [0.3, 0.4) is 0 Å². The van der Waals surface area contributed by atoms with Crippen molar-refractivity contribution in [2.75, 3.05) is 6.54 Å². The molecule has 0 fully saturated rings. The number of benzene rings is 3. The van der Waals surface area contributed by atoms with Gasteiger partial charge in [-0.05, 0) is 47.2 Å². The van der Waals surface area contributed by atoms with Crippen LogP contribution in [0, 0.1) is 0 Å². The second-order valence-corrected chi connectivity index (χ2v) is 7.30. The van der Waals surface area contributed by atoms with Crippen LogP contribution in [0.1, 0.15) is 27.9 Å². The summed E-state index contributed by atoms with van der Waals surface area (Å²) in [4.78, 5) is 12.5. The molecule has 2 N–H and O–H groups in total. The molecule has 3 nitrogen and oxygen atoms in total. The van der Waals surface area contributed by atoms with Gasteiger partial charge in [0.25, 0.3) is 5.91 Å². The van der Waals surface area contributed by atoms with Crippen LogP contribution in [-0.4, -0.2) is 23.2 Å². The van der Waals surface area contributed by atoms with Crippen LogP contribution in [0.2, 0.25) is 0 Å². The largest absolute Gasteiger partial charge is 0.388 e. The number of fused-ring (bicyclic) bond motifs is 1. The Morgan fingerprint density at radius 1 is 0.852 bits per heavy atom. The van der Waals surface area contributed by atoms with E-state index in [9.17, 15) is 9.90 Å². The maximum atomic E-state index is 12.5. The maximum absolute atomic E-state index is 12.5. The molecule has 3 aromatic carbocycles. The van der Waals surface area contributed by atoms with Gasteiger partial charge in [-0.1, -0.05) is 66.7 Å². The molecule has 27 heavy (non-hydrogen) atoms. The Morgan fingerprint density at radius 3 is 2.22 bits per heavy atom. The Balaban J connectivity index is 1.40. The second kappa shape index (κ2) is 7.37. The quantitative estimate of drug-likeness (QED) is 0.741. The topological polar surface area (TPSA) is 49.3 Å². The van der Waals surface area contributed by atoms with Gasteiger partial charge in [-0.3, -0.25) is 4.79 Å². The molecule has 1 atom stereocenters. The van der Waals surface area contributed by atoms with Gasteiger partial charge in [0, 0.05) is 18.5 Å². The highest BCUT2D eigenvalue weighted by Crippen LogP contribution is 2.28. The first-order valence-electron chi connectivity index (χ1n) is 9.36. The highest BCUT2D eigenvalue weighted by Gasteiger charge is 2.32. The molecule has 0 unspecified atom stereocenters. The Hall–Kier alpha value is -2.91. The zero-order chi connectivity index (χ0) is 18.7. The molecule has 0 bridgehead atoms. The van der Waals surface area contributed by atoms with E-state index in [-0.39, 0.29) is 12.5 Å². The number of aliphatic hydroxyl groups is 1. The predicted octanol–water partition coefficient (Wildman–Crippen LogP) is 4.00. The zero-order valence-corrected chi connectivity index (χ0v) is 15.2. The van der Waals surface area contributed by atoms with Crippen molar-refractivity contribution in [1.82, 2.24) is 5.32 Å². The van der Waals surface area contributed by atoms with Crippen molar-refractivity contribution in [2.45, 2.75) is 24.9 Å². The van der Waals surface area contributed by atoms with E-state index in [1.54, 1.807) is 0 Å². The minimum atomic E-state index is -0.881. The summed E-state index contributed by atoms with van der Waals surface area (Å²) in [6.45, 7) is 0.264. The normalized spacial score (nSPS) is 18.6. The first kappa shape index (κ1) is 17.5. The molecule has 0 saturated carbocycles. The third kappa shape index (κ3) is 3.93. The zero-order valence-electron chi connectivity index (χ0n) is 15.2. The Kier molecular flexibility index (Phi) is 4.78. The SMILES string of the molecule is O=C(NC[C@@]1(O)CCc2ccccc2C1)c1ccc(-c2ccccc2)cc1. The van der Waals surface area contributed by atoms with E-state index in [0.29, 0.717) is 18.4 Å². The summed E-state index contributed by atoms with van der Waals surface area (Å²) in [7, 11) is 0. The molecule has 4 rings (SSSR count). The number of carbonyl (C=O) groups is 1. The molecule has 0 radical (unpaired) electrons. The number of rotatable bonds is 4. The molecular formula is C24H23NO2. The van der Waals surface area contributed by atoms with Crippen LogP contribution in [-0.2, 0) is 12.8 Å². The van der Waals surface area contributed by atoms with Crippen molar-refractivity contribution in [3.8, 4) is 11.1 Å². The third-order valence-electron chi connectivity index (χ3n) is 5.33. The summed E-state index contributed by atoms with van der Waals surface area (Å²) in [6, 6.07) is 25.9. The standard InChI is InChI=1S/C24H23NO2/c26-23(21-12-10-20(11-13-21)18-6-2-1-3-7-18)25-17-24(27)15-14-19-8-4-5-9-22(19)16-24/h1-13,27H,14-17H2,(H,25,26)/t24-/m1/s1. The fraction of sp³-hybridized carbons (Fsp3) is 0.208. The number of amides is 1. The molecule has 0 heterocycles. The van der Waals surface area contributed by atoms with Gasteiger partial charge >= 0.3 is 0 Å². The average Bonchev–Trinajstić information content (AvgIpc) is 2.73. The summed E-state index contributed by atoms with van der Waals surface area (Å²) < 4.78 is 0. The summed E-state index contributed by atoms with van der Waals surface area (Å²) in [5.74, 6) is -0.151. The van der Waals surface area contributed by atoms with Crippen molar-refractivity contribution >= 4 is 5.91 Å². The lowest BCUT2D eigenvalue weighted by Gasteiger charge is -2.33. The highest BCUT2D eigenvalue weighted by molar-refractivity contribution is 5.94. The van der Waals surface area contributed by atoms with Crippen LogP contribution in [0.5, 0.6) is 0 Å². The molecule has 1 amide bonds. The molecule has 0 spiro atoms. The lowest BCUT2D eigenvalue weighted by atomic mass is 9.80. The van der Waals surface area contributed by atoms with Gasteiger partial charge in [0.2, 0.25) is 0 Å². The molecule has 0 aliphatic heterocycles. The first-order valence-corrected chi connectivity index (χ1v) is 9.36. The summed E-state index contributed by atoms with van der Waals surface area (Å²) in [5.41, 5.74) is 4.40. The number of carbonyl (C=O) groups excluding carboxylic acids is 1. The Labute approximate surface area is 159 Å². The minimum absolute atomic E-state index is 0.151. The van der Waals surface area contributed by atoms with Crippen LogP contribution < -0.4 is 5.32 Å². The minimum Gasteiger partial charge on any atom is -0.388 e. The first-order chi connectivity index (χ1) is 13.1. The Bertz CT molecular complexity index is 934. The van der Waals surface area contributed by atoms with Gasteiger partial charge in [-0.25, -0.2) is 0 Å². The van der Waals surface area contributed by atoms with E-state index >= 15 is 0 Å². The van der Waals surface area contributed by atoms with Crippen LogP contribution in [0.25, 0.3) is 11.1 Å². The van der Waals surface area contributed by atoms with Gasteiger partial charge in [0.1, 0.15) is 0 Å². The number of hydrogen-bond donors (Lipinski definition) is 2.